The van der Waals surface area contributed by atoms with Crippen molar-refractivity contribution in [1.29, 1.82) is 0 Å². The first-order chi connectivity index (χ1) is 12.4. The van der Waals surface area contributed by atoms with Gasteiger partial charge in [-0.1, -0.05) is 17.7 Å². The van der Waals surface area contributed by atoms with E-state index >= 15 is 0 Å². The van der Waals surface area contributed by atoms with E-state index in [1.54, 1.807) is 15.6 Å². The molecule has 1 aliphatic heterocycles. The highest BCUT2D eigenvalue weighted by Crippen LogP contribution is 2.32. The summed E-state index contributed by atoms with van der Waals surface area (Å²) in [5.74, 6) is -1.44. The third-order valence-electron chi connectivity index (χ3n) is 4.63. The Kier molecular flexibility index (Phi) is 4.20. The number of hydrogen-bond donors (Lipinski definition) is 1. The van der Waals surface area contributed by atoms with E-state index in [1.807, 2.05) is 31.2 Å². The van der Waals surface area contributed by atoms with Gasteiger partial charge in [-0.05, 0) is 37.6 Å². The average molecular weight is 390 g/mol. The summed E-state index contributed by atoms with van der Waals surface area (Å²) in [6, 6.07) is 9.24. The maximum atomic E-state index is 12.8. The number of amides is 1. The van der Waals surface area contributed by atoms with Crippen LogP contribution in [0.4, 0.5) is 0 Å². The van der Waals surface area contributed by atoms with Crippen LogP contribution in [-0.2, 0) is 4.79 Å². The molecule has 6 nitrogen and oxygen atoms in total. The topological polar surface area (TPSA) is 75.4 Å². The summed E-state index contributed by atoms with van der Waals surface area (Å²) in [4.78, 5) is 27.0. The molecular formula is C18H16ClN3O3S. The van der Waals surface area contributed by atoms with E-state index < -0.39 is 11.9 Å². The molecule has 4 rings (SSSR count). The van der Waals surface area contributed by atoms with Crippen LogP contribution in [0.5, 0.6) is 0 Å². The summed E-state index contributed by atoms with van der Waals surface area (Å²) >= 11 is 7.46. The predicted octanol–water partition coefficient (Wildman–Crippen LogP) is 3.60. The van der Waals surface area contributed by atoms with Gasteiger partial charge in [0.1, 0.15) is 4.83 Å². The largest absolute Gasteiger partial charge is 0.481 e. The molecule has 26 heavy (non-hydrogen) atoms. The van der Waals surface area contributed by atoms with Gasteiger partial charge in [0, 0.05) is 23.5 Å². The monoisotopic (exact) mass is 389 g/mol. The number of likely N-dealkylation sites (tertiary alicyclic amines) is 1. The Morgan fingerprint density at radius 1 is 1.35 bits per heavy atom. The number of thiophene rings is 1. The number of carboxylic acids is 1. The molecule has 0 saturated carbocycles. The minimum Gasteiger partial charge on any atom is -0.481 e. The first kappa shape index (κ1) is 17.1. The summed E-state index contributed by atoms with van der Waals surface area (Å²) in [6.45, 7) is 2.64. The highest BCUT2D eigenvalue weighted by Gasteiger charge is 2.32. The van der Waals surface area contributed by atoms with Gasteiger partial charge in [0.05, 0.1) is 22.2 Å². The van der Waals surface area contributed by atoms with Crippen molar-refractivity contribution in [3.63, 3.8) is 0 Å². The van der Waals surface area contributed by atoms with Gasteiger partial charge in [0.25, 0.3) is 5.91 Å². The maximum absolute atomic E-state index is 12.8. The molecule has 3 aromatic rings. The van der Waals surface area contributed by atoms with Crippen LogP contribution in [0.25, 0.3) is 15.9 Å². The van der Waals surface area contributed by atoms with E-state index in [-0.39, 0.29) is 12.5 Å². The highest BCUT2D eigenvalue weighted by atomic mass is 35.5. The minimum atomic E-state index is -0.843. The van der Waals surface area contributed by atoms with Gasteiger partial charge in [0.15, 0.2) is 0 Å². The van der Waals surface area contributed by atoms with Crippen molar-refractivity contribution in [2.45, 2.75) is 13.3 Å². The molecule has 8 heteroatoms. The van der Waals surface area contributed by atoms with Crippen LogP contribution >= 0.6 is 22.9 Å². The molecular weight excluding hydrogens is 374 g/mol. The fourth-order valence-electron chi connectivity index (χ4n) is 3.24. The van der Waals surface area contributed by atoms with E-state index in [1.165, 1.54) is 11.3 Å². The van der Waals surface area contributed by atoms with Crippen molar-refractivity contribution < 1.29 is 14.7 Å². The molecule has 1 saturated heterocycles. The standard InChI is InChI=1S/C18H16ClN3O3S/c1-10-14-8-15(16(23)21-6-5-11(9-21)18(24)25)26-17(14)22(20-10)13-4-2-3-12(19)7-13/h2-4,7-8,11H,5-6,9H2,1H3,(H,24,25). The normalized spacial score (nSPS) is 17.2. The predicted molar refractivity (Wildman–Crippen MR) is 100 cm³/mol. The zero-order valence-electron chi connectivity index (χ0n) is 14.0. The number of carboxylic acid groups (broad SMARTS) is 1. The highest BCUT2D eigenvalue weighted by molar-refractivity contribution is 7.20. The summed E-state index contributed by atoms with van der Waals surface area (Å²) in [5.41, 5.74) is 1.67. The summed E-state index contributed by atoms with van der Waals surface area (Å²) < 4.78 is 1.79. The first-order valence-corrected chi connectivity index (χ1v) is 9.40. The fraction of sp³-hybridized carbons (Fsp3) is 0.278. The molecule has 1 unspecified atom stereocenters. The van der Waals surface area contributed by atoms with Crippen LogP contribution < -0.4 is 0 Å². The molecule has 3 heterocycles. The molecule has 134 valence electrons. The molecule has 0 radical (unpaired) electrons. The molecule has 1 aliphatic rings. The van der Waals surface area contributed by atoms with Gasteiger partial charge in [0.2, 0.25) is 0 Å². The van der Waals surface area contributed by atoms with Gasteiger partial charge in [-0.2, -0.15) is 5.10 Å². The lowest BCUT2D eigenvalue weighted by Gasteiger charge is -2.14. The SMILES string of the molecule is Cc1nn(-c2cccc(Cl)c2)c2sc(C(=O)N3CCC(C(=O)O)C3)cc12. The number of aryl methyl sites for hydroxylation is 1. The van der Waals surface area contributed by atoms with Crippen LogP contribution in [0.2, 0.25) is 5.02 Å². The number of benzene rings is 1. The molecule has 1 fully saturated rings. The Morgan fingerprint density at radius 2 is 2.15 bits per heavy atom. The quantitative estimate of drug-likeness (QED) is 0.742. The number of fused-ring (bicyclic) bond motifs is 1. The molecule has 2 aromatic heterocycles. The van der Waals surface area contributed by atoms with E-state index in [0.717, 1.165) is 21.6 Å². The van der Waals surface area contributed by atoms with Crippen molar-refractivity contribution in [3.8, 4) is 5.69 Å². The molecule has 1 atom stereocenters. The summed E-state index contributed by atoms with van der Waals surface area (Å²) in [7, 11) is 0. The van der Waals surface area contributed by atoms with E-state index in [0.29, 0.717) is 22.9 Å². The third-order valence-corrected chi connectivity index (χ3v) is 5.97. The number of aromatic nitrogens is 2. The average Bonchev–Trinajstić information content (AvgIpc) is 3.30. The molecule has 0 spiro atoms. The van der Waals surface area contributed by atoms with Crippen molar-refractivity contribution in [1.82, 2.24) is 14.7 Å². The van der Waals surface area contributed by atoms with Gasteiger partial charge in [-0.15, -0.1) is 11.3 Å². The molecule has 1 aromatic carbocycles. The second-order valence-electron chi connectivity index (χ2n) is 6.38. The van der Waals surface area contributed by atoms with Crippen LogP contribution in [0, 0.1) is 12.8 Å². The Balaban J connectivity index is 1.69. The van der Waals surface area contributed by atoms with E-state index in [2.05, 4.69) is 5.10 Å². The van der Waals surface area contributed by atoms with Gasteiger partial charge >= 0.3 is 5.97 Å². The second-order valence-corrected chi connectivity index (χ2v) is 7.85. The summed E-state index contributed by atoms with van der Waals surface area (Å²) in [5, 5.41) is 15.2. The molecule has 1 amide bonds. The molecule has 1 N–H and O–H groups in total. The number of hydrogen-bond acceptors (Lipinski definition) is 4. The van der Waals surface area contributed by atoms with Gasteiger partial charge in [-0.3, -0.25) is 9.59 Å². The minimum absolute atomic E-state index is 0.119. The number of aliphatic carboxylic acids is 1. The third kappa shape index (κ3) is 2.87. The smallest absolute Gasteiger partial charge is 0.308 e. The van der Waals surface area contributed by atoms with Gasteiger partial charge < -0.3 is 10.0 Å². The maximum Gasteiger partial charge on any atom is 0.308 e. The lowest BCUT2D eigenvalue weighted by atomic mass is 10.1. The molecule has 0 bridgehead atoms. The number of halogens is 1. The van der Waals surface area contributed by atoms with Crippen molar-refractivity contribution in [2.75, 3.05) is 13.1 Å². The Labute approximate surface area is 158 Å². The van der Waals surface area contributed by atoms with E-state index in [4.69, 9.17) is 16.7 Å². The number of carbonyl (C=O) groups is 2. The Bertz CT molecular complexity index is 1030. The number of carbonyl (C=O) groups excluding carboxylic acids is 1. The van der Waals surface area contributed by atoms with Crippen molar-refractivity contribution in [3.05, 3.63) is 45.9 Å². The van der Waals surface area contributed by atoms with Crippen LogP contribution in [0.15, 0.2) is 30.3 Å². The van der Waals surface area contributed by atoms with E-state index in [9.17, 15) is 9.59 Å². The van der Waals surface area contributed by atoms with Crippen LogP contribution in [0.1, 0.15) is 21.8 Å². The first-order valence-electron chi connectivity index (χ1n) is 8.21. The van der Waals surface area contributed by atoms with Gasteiger partial charge in [-0.25, -0.2) is 4.68 Å². The lowest BCUT2D eigenvalue weighted by molar-refractivity contribution is -0.141. The molecule has 0 aliphatic carbocycles. The lowest BCUT2D eigenvalue weighted by Crippen LogP contribution is -2.29. The van der Waals surface area contributed by atoms with Crippen LogP contribution in [-0.4, -0.2) is 44.8 Å². The second kappa shape index (κ2) is 6.41. The zero-order valence-corrected chi connectivity index (χ0v) is 15.5. The Morgan fingerprint density at radius 3 is 2.85 bits per heavy atom. The van der Waals surface area contributed by atoms with Crippen LogP contribution in [0.3, 0.4) is 0 Å². The van der Waals surface area contributed by atoms with Crippen molar-refractivity contribution >= 4 is 45.0 Å². The number of nitrogens with zero attached hydrogens (tertiary/aromatic N) is 3. The Hall–Kier alpha value is -2.38. The number of rotatable bonds is 3. The fourth-order valence-corrected chi connectivity index (χ4v) is 4.57. The van der Waals surface area contributed by atoms with Crippen molar-refractivity contribution in [2.24, 2.45) is 5.92 Å². The summed E-state index contributed by atoms with van der Waals surface area (Å²) in [6.07, 6.45) is 0.501. The zero-order chi connectivity index (χ0) is 18.4.